The van der Waals surface area contributed by atoms with Crippen LogP contribution in [0, 0.1) is 12.5 Å². The number of ether oxygens (including phenoxy) is 2. The van der Waals surface area contributed by atoms with Gasteiger partial charge in [-0.1, -0.05) is 6.92 Å². The van der Waals surface area contributed by atoms with E-state index in [1.165, 1.54) is 0 Å². The third kappa shape index (κ3) is 3.28. The van der Waals surface area contributed by atoms with Gasteiger partial charge in [-0.15, -0.1) is 0 Å². The smallest absolute Gasteiger partial charge is 0.219 e. The Balaban J connectivity index is 2.22. The second-order valence-corrected chi connectivity index (χ2v) is 4.21. The molecule has 0 bridgehead atoms. The molecule has 1 aliphatic heterocycles. The summed E-state index contributed by atoms with van der Waals surface area (Å²) in [5.41, 5.74) is 0. The number of hydrogen-bond donors (Lipinski definition) is 0. The Kier molecular flexibility index (Phi) is 4.37. The first-order valence-electron chi connectivity index (χ1n) is 5.23. The zero-order valence-corrected chi connectivity index (χ0v) is 9.19. The molecule has 4 atom stereocenters. The van der Waals surface area contributed by atoms with Crippen LogP contribution >= 0.6 is 0 Å². The summed E-state index contributed by atoms with van der Waals surface area (Å²) in [6.45, 7) is 14.1. The van der Waals surface area contributed by atoms with Crippen molar-refractivity contribution in [3.8, 4) is 0 Å². The minimum Gasteiger partial charge on any atom is -0.375 e. The van der Waals surface area contributed by atoms with Gasteiger partial charge in [0.15, 0.2) is 0 Å². The molecule has 0 saturated carbocycles. The largest absolute Gasteiger partial charge is 0.375 e. The normalized spacial score (nSPS) is 34.0. The molecule has 14 heavy (non-hydrogen) atoms. The van der Waals surface area contributed by atoms with Crippen molar-refractivity contribution in [1.82, 2.24) is 0 Å². The molecule has 0 aromatic carbocycles. The lowest BCUT2D eigenvalue weighted by Crippen LogP contribution is -2.24. The minimum absolute atomic E-state index is 0.199. The molecule has 1 rings (SSSR count). The van der Waals surface area contributed by atoms with Gasteiger partial charge in [-0.2, -0.15) is 0 Å². The summed E-state index contributed by atoms with van der Waals surface area (Å²) in [7, 11) is 0. The highest BCUT2D eigenvalue weighted by molar-refractivity contribution is 4.78. The van der Waals surface area contributed by atoms with Crippen LogP contribution in [0.4, 0.5) is 0 Å². The Morgan fingerprint density at radius 1 is 1.57 bits per heavy atom. The third-order valence-corrected chi connectivity index (χ3v) is 2.53. The van der Waals surface area contributed by atoms with Crippen LogP contribution in [-0.2, 0) is 9.47 Å². The fraction of sp³-hybridized carbons (Fsp3) is 0.909. The summed E-state index contributed by atoms with van der Waals surface area (Å²) in [5.74, 6) is 0.329. The maximum atomic E-state index is 6.74. The predicted octanol–water partition coefficient (Wildman–Crippen LogP) is 2.12. The fourth-order valence-corrected chi connectivity index (χ4v) is 1.73. The van der Waals surface area contributed by atoms with Crippen LogP contribution in [0.2, 0.25) is 0 Å². The molecule has 80 valence electrons. The van der Waals surface area contributed by atoms with E-state index in [2.05, 4.69) is 11.8 Å². The maximum absolute atomic E-state index is 6.74. The second-order valence-electron chi connectivity index (χ2n) is 4.21. The van der Waals surface area contributed by atoms with E-state index in [1.807, 2.05) is 13.8 Å². The molecule has 0 amide bonds. The SMILES string of the molecule is [C-]#[N+]CC(C)COC1C[C@H](C)O[C@@H]1C. The fourth-order valence-electron chi connectivity index (χ4n) is 1.73. The molecule has 0 radical (unpaired) electrons. The van der Waals surface area contributed by atoms with Crippen molar-refractivity contribution in [2.75, 3.05) is 13.2 Å². The Labute approximate surface area is 86.2 Å². The van der Waals surface area contributed by atoms with E-state index in [0.29, 0.717) is 25.2 Å². The molecule has 3 nitrogen and oxygen atoms in total. The van der Waals surface area contributed by atoms with Gasteiger partial charge < -0.3 is 14.3 Å². The van der Waals surface area contributed by atoms with Gasteiger partial charge in [-0.25, -0.2) is 6.57 Å². The standard InChI is InChI=1S/C11H19NO2/c1-8(6-12-4)7-13-11-5-9(2)14-10(11)3/h8-11H,5-7H2,1-3H3/t8?,9-,10+,11?/m0/s1. The van der Waals surface area contributed by atoms with Crippen molar-refractivity contribution in [3.05, 3.63) is 11.4 Å². The molecule has 0 aromatic rings. The third-order valence-electron chi connectivity index (χ3n) is 2.53. The Hall–Kier alpha value is -0.590. The van der Waals surface area contributed by atoms with E-state index in [9.17, 15) is 0 Å². The van der Waals surface area contributed by atoms with Gasteiger partial charge in [0, 0.05) is 6.42 Å². The average Bonchev–Trinajstić information content (AvgIpc) is 2.42. The van der Waals surface area contributed by atoms with Crippen molar-refractivity contribution >= 4 is 0 Å². The number of nitrogens with zero attached hydrogens (tertiary/aromatic N) is 1. The average molecular weight is 197 g/mol. The highest BCUT2D eigenvalue weighted by Gasteiger charge is 2.30. The van der Waals surface area contributed by atoms with Gasteiger partial charge in [-0.3, -0.25) is 0 Å². The molecule has 0 aliphatic carbocycles. The van der Waals surface area contributed by atoms with E-state index in [-0.39, 0.29) is 12.2 Å². The van der Waals surface area contributed by atoms with Gasteiger partial charge in [0.25, 0.3) is 0 Å². The lowest BCUT2D eigenvalue weighted by molar-refractivity contribution is -0.0185. The number of hydrogen-bond acceptors (Lipinski definition) is 2. The molecule has 3 heteroatoms. The Morgan fingerprint density at radius 3 is 2.79 bits per heavy atom. The lowest BCUT2D eigenvalue weighted by Gasteiger charge is -2.16. The van der Waals surface area contributed by atoms with Crippen LogP contribution in [0.5, 0.6) is 0 Å². The van der Waals surface area contributed by atoms with Crippen molar-refractivity contribution < 1.29 is 9.47 Å². The highest BCUT2D eigenvalue weighted by atomic mass is 16.6. The van der Waals surface area contributed by atoms with Gasteiger partial charge in [0.1, 0.15) is 0 Å². The number of rotatable bonds is 4. The van der Waals surface area contributed by atoms with Gasteiger partial charge in [0.05, 0.1) is 30.8 Å². The molecule has 1 fully saturated rings. The Bertz CT molecular complexity index is 212. The summed E-state index contributed by atoms with van der Waals surface area (Å²) < 4.78 is 11.3. The van der Waals surface area contributed by atoms with Gasteiger partial charge >= 0.3 is 0 Å². The van der Waals surface area contributed by atoms with Crippen molar-refractivity contribution in [2.24, 2.45) is 5.92 Å². The van der Waals surface area contributed by atoms with Crippen LogP contribution in [0.25, 0.3) is 4.85 Å². The molecular weight excluding hydrogens is 178 g/mol. The topological polar surface area (TPSA) is 22.8 Å². The zero-order valence-electron chi connectivity index (χ0n) is 9.19. The van der Waals surface area contributed by atoms with Crippen LogP contribution in [-0.4, -0.2) is 31.5 Å². The first kappa shape index (κ1) is 11.5. The van der Waals surface area contributed by atoms with Crippen LogP contribution in [0.1, 0.15) is 27.2 Å². The molecule has 1 aliphatic rings. The summed E-state index contributed by atoms with van der Waals surface area (Å²) in [6, 6.07) is 0. The van der Waals surface area contributed by atoms with Crippen LogP contribution in [0.3, 0.4) is 0 Å². The van der Waals surface area contributed by atoms with Crippen LogP contribution < -0.4 is 0 Å². The monoisotopic (exact) mass is 197 g/mol. The van der Waals surface area contributed by atoms with Crippen molar-refractivity contribution in [2.45, 2.75) is 45.5 Å². The quantitative estimate of drug-likeness (QED) is 0.644. The predicted molar refractivity (Wildman–Crippen MR) is 55.0 cm³/mol. The summed E-state index contributed by atoms with van der Waals surface area (Å²) in [5, 5.41) is 0. The van der Waals surface area contributed by atoms with Crippen molar-refractivity contribution in [3.63, 3.8) is 0 Å². The van der Waals surface area contributed by atoms with Gasteiger partial charge in [-0.05, 0) is 13.8 Å². The maximum Gasteiger partial charge on any atom is 0.219 e. The summed E-state index contributed by atoms with van der Waals surface area (Å²) in [6.07, 6.45) is 1.71. The zero-order chi connectivity index (χ0) is 10.6. The summed E-state index contributed by atoms with van der Waals surface area (Å²) >= 11 is 0. The molecule has 1 saturated heterocycles. The lowest BCUT2D eigenvalue weighted by atomic mass is 10.1. The molecule has 0 spiro atoms. The van der Waals surface area contributed by atoms with Crippen LogP contribution in [0.15, 0.2) is 0 Å². The first-order valence-corrected chi connectivity index (χ1v) is 5.23. The Morgan fingerprint density at radius 2 is 2.29 bits per heavy atom. The van der Waals surface area contributed by atoms with Gasteiger partial charge in [0.2, 0.25) is 6.54 Å². The van der Waals surface area contributed by atoms with E-state index < -0.39 is 0 Å². The molecular formula is C11H19NO2. The summed E-state index contributed by atoms with van der Waals surface area (Å²) in [4.78, 5) is 3.35. The van der Waals surface area contributed by atoms with E-state index in [0.717, 1.165) is 6.42 Å². The van der Waals surface area contributed by atoms with E-state index >= 15 is 0 Å². The first-order chi connectivity index (χ1) is 6.63. The molecule has 0 aromatic heterocycles. The second kappa shape index (κ2) is 5.33. The van der Waals surface area contributed by atoms with Crippen molar-refractivity contribution in [1.29, 1.82) is 0 Å². The van der Waals surface area contributed by atoms with E-state index in [4.69, 9.17) is 16.0 Å². The minimum atomic E-state index is 0.199. The highest BCUT2D eigenvalue weighted by Crippen LogP contribution is 2.22. The molecule has 0 N–H and O–H groups in total. The molecule has 2 unspecified atom stereocenters. The van der Waals surface area contributed by atoms with E-state index in [1.54, 1.807) is 0 Å². The molecule has 1 heterocycles.